The van der Waals surface area contributed by atoms with Crippen molar-refractivity contribution in [2.24, 2.45) is 0 Å². The fourth-order valence-electron chi connectivity index (χ4n) is 3.92. The number of ether oxygens (including phenoxy) is 4. The number of benzene rings is 2. The van der Waals surface area contributed by atoms with Gasteiger partial charge in [-0.3, -0.25) is 9.59 Å². The average molecular weight is 425 g/mol. The zero-order valence-electron chi connectivity index (χ0n) is 16.9. The molecule has 162 valence electrons. The van der Waals surface area contributed by atoms with Gasteiger partial charge < -0.3 is 34.1 Å². The smallest absolute Gasteiger partial charge is 0.265 e. The van der Waals surface area contributed by atoms with Crippen LogP contribution in [-0.4, -0.2) is 69.0 Å². The van der Waals surface area contributed by atoms with Crippen molar-refractivity contribution in [1.82, 2.24) is 4.90 Å². The highest BCUT2D eigenvalue weighted by molar-refractivity contribution is 5.95. The first kappa shape index (κ1) is 19.5. The second-order valence-electron chi connectivity index (χ2n) is 7.51. The van der Waals surface area contributed by atoms with Crippen molar-refractivity contribution in [3.05, 3.63) is 42.5 Å². The van der Waals surface area contributed by atoms with E-state index >= 15 is 0 Å². The van der Waals surface area contributed by atoms with Crippen molar-refractivity contribution < 1.29 is 28.5 Å². The largest absolute Gasteiger partial charge is 0.477 e. The van der Waals surface area contributed by atoms with Gasteiger partial charge >= 0.3 is 0 Å². The zero-order chi connectivity index (χ0) is 21.2. The van der Waals surface area contributed by atoms with Crippen LogP contribution in [0, 0.1) is 0 Å². The molecule has 2 aromatic carbocycles. The number of anilines is 2. The van der Waals surface area contributed by atoms with Crippen molar-refractivity contribution in [3.63, 3.8) is 0 Å². The van der Waals surface area contributed by atoms with Gasteiger partial charge in [0.1, 0.15) is 5.75 Å². The predicted octanol–water partition coefficient (Wildman–Crippen LogP) is 1.48. The van der Waals surface area contributed by atoms with Gasteiger partial charge in [0.15, 0.2) is 17.6 Å². The zero-order valence-corrected chi connectivity index (χ0v) is 16.9. The minimum atomic E-state index is -0.675. The molecule has 3 aliphatic rings. The summed E-state index contributed by atoms with van der Waals surface area (Å²) in [4.78, 5) is 29.4. The van der Waals surface area contributed by atoms with Crippen LogP contribution in [0.25, 0.3) is 0 Å². The third kappa shape index (κ3) is 4.09. The van der Waals surface area contributed by atoms with Gasteiger partial charge in [0, 0.05) is 24.8 Å². The van der Waals surface area contributed by atoms with Crippen LogP contribution in [0.5, 0.6) is 17.2 Å². The lowest BCUT2D eigenvalue weighted by Gasteiger charge is -2.38. The monoisotopic (exact) mass is 425 g/mol. The molecule has 3 aliphatic heterocycles. The Morgan fingerprint density at radius 3 is 2.68 bits per heavy atom. The Morgan fingerprint density at radius 2 is 1.81 bits per heavy atom. The molecule has 0 bridgehead atoms. The molecule has 2 amide bonds. The first-order chi connectivity index (χ1) is 15.2. The van der Waals surface area contributed by atoms with Crippen molar-refractivity contribution in [1.29, 1.82) is 0 Å². The molecular formula is C22H23N3O6. The summed E-state index contributed by atoms with van der Waals surface area (Å²) in [7, 11) is 0. The predicted molar refractivity (Wildman–Crippen MR) is 112 cm³/mol. The maximum Gasteiger partial charge on any atom is 0.265 e. The Labute approximate surface area is 179 Å². The molecule has 1 fully saturated rings. The standard InChI is InChI=1S/C22H23N3O6/c26-21(23-15-5-6-18-19(11-15)30-14-29-18)13-25-12-20(22(27)24-7-9-28-10-8-24)31-17-4-2-1-3-16(17)25/h1-6,11,20H,7-10,12-14H2,(H,23,26)/t20-/m1/s1. The van der Waals surface area contributed by atoms with E-state index in [1.807, 2.05) is 29.2 Å². The number of para-hydroxylation sites is 2. The Hall–Kier alpha value is -3.46. The summed E-state index contributed by atoms with van der Waals surface area (Å²) in [5.74, 6) is 1.57. The third-order valence-corrected chi connectivity index (χ3v) is 5.45. The number of nitrogens with one attached hydrogen (secondary N) is 1. The SMILES string of the molecule is O=C(CN1C[C@H](C(=O)N2CCOCC2)Oc2ccccc21)Nc1ccc2c(c1)OCO2. The molecule has 31 heavy (non-hydrogen) atoms. The Morgan fingerprint density at radius 1 is 1.00 bits per heavy atom. The van der Waals surface area contributed by atoms with Gasteiger partial charge in [-0.1, -0.05) is 12.1 Å². The molecule has 9 nitrogen and oxygen atoms in total. The van der Waals surface area contributed by atoms with Crippen LogP contribution in [0.15, 0.2) is 42.5 Å². The number of carbonyl (C=O) groups excluding carboxylic acids is 2. The van der Waals surface area contributed by atoms with E-state index in [-0.39, 0.29) is 25.2 Å². The second kappa shape index (κ2) is 8.35. The van der Waals surface area contributed by atoms with Gasteiger partial charge in [0.25, 0.3) is 5.91 Å². The fourth-order valence-corrected chi connectivity index (χ4v) is 3.92. The molecule has 0 spiro atoms. The highest BCUT2D eigenvalue weighted by atomic mass is 16.7. The molecule has 0 aliphatic carbocycles. The minimum absolute atomic E-state index is 0.0843. The number of hydrogen-bond donors (Lipinski definition) is 1. The average Bonchev–Trinajstić information content (AvgIpc) is 3.27. The highest BCUT2D eigenvalue weighted by Gasteiger charge is 2.34. The van der Waals surface area contributed by atoms with E-state index < -0.39 is 6.10 Å². The maximum absolute atomic E-state index is 13.0. The van der Waals surface area contributed by atoms with Crippen molar-refractivity contribution in [3.8, 4) is 17.2 Å². The summed E-state index contributed by atoms with van der Waals surface area (Å²) in [6.45, 7) is 2.70. The lowest BCUT2D eigenvalue weighted by Crippen LogP contribution is -2.53. The van der Waals surface area contributed by atoms with Crippen LogP contribution < -0.4 is 24.4 Å². The number of amides is 2. The Balaban J connectivity index is 1.30. The van der Waals surface area contributed by atoms with E-state index in [9.17, 15) is 9.59 Å². The maximum atomic E-state index is 13.0. The summed E-state index contributed by atoms with van der Waals surface area (Å²) in [5.41, 5.74) is 1.41. The number of fused-ring (bicyclic) bond motifs is 2. The van der Waals surface area contributed by atoms with E-state index in [2.05, 4.69) is 5.32 Å². The number of carbonyl (C=O) groups is 2. The molecule has 1 saturated heterocycles. The van der Waals surface area contributed by atoms with Crippen LogP contribution >= 0.6 is 0 Å². The molecule has 0 aromatic heterocycles. The summed E-state index contributed by atoms with van der Waals surface area (Å²) < 4.78 is 22.0. The molecule has 9 heteroatoms. The molecular weight excluding hydrogens is 402 g/mol. The van der Waals surface area contributed by atoms with Gasteiger partial charge in [0.05, 0.1) is 32.0 Å². The molecule has 0 radical (unpaired) electrons. The van der Waals surface area contributed by atoms with Crippen molar-refractivity contribution >= 4 is 23.2 Å². The topological polar surface area (TPSA) is 89.6 Å². The Kier molecular flexibility index (Phi) is 5.25. The molecule has 1 N–H and O–H groups in total. The minimum Gasteiger partial charge on any atom is -0.477 e. The number of rotatable bonds is 4. The van der Waals surface area contributed by atoms with E-state index in [0.717, 1.165) is 5.69 Å². The fraction of sp³-hybridized carbons (Fsp3) is 0.364. The van der Waals surface area contributed by atoms with Crippen molar-refractivity contribution in [2.45, 2.75) is 6.10 Å². The molecule has 1 atom stereocenters. The van der Waals surface area contributed by atoms with Gasteiger partial charge in [-0.2, -0.15) is 0 Å². The van der Waals surface area contributed by atoms with E-state index in [0.29, 0.717) is 55.8 Å². The van der Waals surface area contributed by atoms with Gasteiger partial charge in [-0.05, 0) is 24.3 Å². The van der Waals surface area contributed by atoms with Crippen LogP contribution in [0.4, 0.5) is 11.4 Å². The Bertz CT molecular complexity index is 991. The lowest BCUT2D eigenvalue weighted by molar-refractivity contribution is -0.142. The van der Waals surface area contributed by atoms with E-state index in [1.54, 1.807) is 23.1 Å². The number of hydrogen-bond acceptors (Lipinski definition) is 7. The summed E-state index contributed by atoms with van der Waals surface area (Å²) in [6.07, 6.45) is -0.675. The van der Waals surface area contributed by atoms with Gasteiger partial charge in [-0.15, -0.1) is 0 Å². The van der Waals surface area contributed by atoms with Crippen LogP contribution in [0.2, 0.25) is 0 Å². The summed E-state index contributed by atoms with van der Waals surface area (Å²) >= 11 is 0. The molecule has 3 heterocycles. The lowest BCUT2D eigenvalue weighted by atomic mass is 10.1. The van der Waals surface area contributed by atoms with E-state index in [4.69, 9.17) is 18.9 Å². The quantitative estimate of drug-likeness (QED) is 0.794. The first-order valence-corrected chi connectivity index (χ1v) is 10.2. The second-order valence-corrected chi connectivity index (χ2v) is 7.51. The summed E-state index contributed by atoms with van der Waals surface area (Å²) in [6, 6.07) is 12.7. The first-order valence-electron chi connectivity index (χ1n) is 10.2. The molecule has 5 rings (SSSR count). The van der Waals surface area contributed by atoms with Gasteiger partial charge in [0.2, 0.25) is 12.7 Å². The molecule has 0 saturated carbocycles. The number of nitrogens with zero attached hydrogens (tertiary/aromatic N) is 2. The van der Waals surface area contributed by atoms with Crippen LogP contribution in [0.1, 0.15) is 0 Å². The van der Waals surface area contributed by atoms with E-state index in [1.165, 1.54) is 0 Å². The van der Waals surface area contributed by atoms with Crippen LogP contribution in [-0.2, 0) is 14.3 Å². The summed E-state index contributed by atoms with van der Waals surface area (Å²) in [5, 5.41) is 2.89. The van der Waals surface area contributed by atoms with Crippen molar-refractivity contribution in [2.75, 3.05) is 56.4 Å². The normalized spacial score (nSPS) is 19.4. The van der Waals surface area contributed by atoms with Crippen LogP contribution in [0.3, 0.4) is 0 Å². The number of morpholine rings is 1. The molecule has 0 unspecified atom stereocenters. The molecule has 2 aromatic rings. The highest BCUT2D eigenvalue weighted by Crippen LogP contribution is 2.35. The van der Waals surface area contributed by atoms with Gasteiger partial charge in [-0.25, -0.2) is 0 Å². The third-order valence-electron chi connectivity index (χ3n) is 5.45.